The predicted molar refractivity (Wildman–Crippen MR) is 89.4 cm³/mol. The minimum atomic E-state index is -3.82. The molecule has 1 fully saturated rings. The Morgan fingerprint density at radius 1 is 1.30 bits per heavy atom. The van der Waals surface area contributed by atoms with Gasteiger partial charge in [0.15, 0.2) is 19.7 Å². The van der Waals surface area contributed by atoms with Gasteiger partial charge in [-0.3, -0.25) is 0 Å². The number of nitrogens with one attached hydrogen (secondary N) is 1. The molecule has 2 rings (SSSR count). The van der Waals surface area contributed by atoms with E-state index >= 15 is 0 Å². The van der Waals surface area contributed by atoms with E-state index in [1.54, 1.807) is 19.1 Å². The van der Waals surface area contributed by atoms with Crippen molar-refractivity contribution in [1.82, 2.24) is 5.32 Å². The lowest BCUT2D eigenvalue weighted by molar-refractivity contribution is 0.402. The van der Waals surface area contributed by atoms with Crippen molar-refractivity contribution in [3.05, 3.63) is 23.8 Å². The summed E-state index contributed by atoms with van der Waals surface area (Å²) in [5, 5.41) is 2.07. The minimum absolute atomic E-state index is 0.0606. The third-order valence-corrected chi connectivity index (χ3v) is 8.15. The summed E-state index contributed by atoms with van der Waals surface area (Å²) in [5.74, 6) is -0.257. The van der Waals surface area contributed by atoms with E-state index in [9.17, 15) is 16.8 Å². The fraction of sp³-hybridized carbons (Fsp3) is 0.600. The van der Waals surface area contributed by atoms with Crippen molar-refractivity contribution in [1.29, 1.82) is 0 Å². The molecule has 130 valence electrons. The highest BCUT2D eigenvalue weighted by molar-refractivity contribution is 7.96. The van der Waals surface area contributed by atoms with Crippen molar-refractivity contribution >= 4 is 19.7 Å². The van der Waals surface area contributed by atoms with Gasteiger partial charge in [-0.2, -0.15) is 0 Å². The van der Waals surface area contributed by atoms with Crippen LogP contribution >= 0.6 is 0 Å². The number of methoxy groups -OCH3 is 1. The Bertz CT molecular complexity index is 771. The first kappa shape index (κ1) is 18.2. The van der Waals surface area contributed by atoms with E-state index in [4.69, 9.17) is 4.74 Å². The molecule has 23 heavy (non-hydrogen) atoms. The summed E-state index contributed by atoms with van der Waals surface area (Å²) in [6, 6.07) is 4.31. The molecule has 2 atom stereocenters. The quantitative estimate of drug-likeness (QED) is 0.811. The maximum atomic E-state index is 13.0. The zero-order chi connectivity index (χ0) is 17.3. The third-order valence-electron chi connectivity index (χ3n) is 3.98. The molecule has 1 heterocycles. The number of hydrogen-bond acceptors (Lipinski definition) is 6. The molecule has 1 saturated heterocycles. The van der Waals surface area contributed by atoms with E-state index in [1.807, 2.05) is 6.92 Å². The van der Waals surface area contributed by atoms with E-state index in [-0.39, 0.29) is 22.2 Å². The van der Waals surface area contributed by atoms with Gasteiger partial charge in [0, 0.05) is 6.04 Å². The van der Waals surface area contributed by atoms with Gasteiger partial charge in [-0.25, -0.2) is 16.8 Å². The van der Waals surface area contributed by atoms with Crippen molar-refractivity contribution in [2.24, 2.45) is 0 Å². The molecule has 1 aliphatic rings. The van der Waals surface area contributed by atoms with E-state index in [1.165, 1.54) is 13.2 Å². The van der Waals surface area contributed by atoms with E-state index in [0.29, 0.717) is 6.54 Å². The first-order chi connectivity index (χ1) is 10.7. The largest absolute Gasteiger partial charge is 0.495 e. The van der Waals surface area contributed by atoms with Crippen LogP contribution in [0.15, 0.2) is 23.1 Å². The summed E-state index contributed by atoms with van der Waals surface area (Å²) in [7, 11) is -5.79. The number of hydrogen-bond donors (Lipinski definition) is 1. The lowest BCUT2D eigenvalue weighted by atomic mass is 10.2. The van der Waals surface area contributed by atoms with Crippen molar-refractivity contribution < 1.29 is 21.6 Å². The molecule has 0 saturated carbocycles. The van der Waals surface area contributed by atoms with Crippen LogP contribution < -0.4 is 10.1 Å². The van der Waals surface area contributed by atoms with Gasteiger partial charge < -0.3 is 10.1 Å². The van der Waals surface area contributed by atoms with Crippen LogP contribution in [0.4, 0.5) is 0 Å². The number of rotatable bonds is 6. The number of ether oxygens (including phenoxy) is 1. The SMILES string of the molecule is CCCN[C@@H]1CS(=O)(=O)C[C@@H]1S(=O)(=O)c1cc(C)ccc1OC. The molecule has 0 spiro atoms. The molecule has 0 unspecified atom stereocenters. The van der Waals surface area contributed by atoms with Gasteiger partial charge >= 0.3 is 0 Å². The van der Waals surface area contributed by atoms with Gasteiger partial charge in [-0.1, -0.05) is 13.0 Å². The summed E-state index contributed by atoms with van der Waals surface area (Å²) in [4.78, 5) is 0.0606. The Labute approximate surface area is 138 Å². The molecule has 0 bridgehead atoms. The van der Waals surface area contributed by atoms with Crippen molar-refractivity contribution in [3.63, 3.8) is 0 Å². The summed E-state index contributed by atoms with van der Waals surface area (Å²) in [5.41, 5.74) is 0.781. The predicted octanol–water partition coefficient (Wildman–Crippen LogP) is 0.943. The van der Waals surface area contributed by atoms with Gasteiger partial charge in [0.05, 0.1) is 23.9 Å². The summed E-state index contributed by atoms with van der Waals surface area (Å²) < 4.78 is 55.2. The Balaban J connectivity index is 2.47. The molecule has 8 heteroatoms. The van der Waals surface area contributed by atoms with Gasteiger partial charge in [-0.15, -0.1) is 0 Å². The fourth-order valence-electron chi connectivity index (χ4n) is 2.81. The number of benzene rings is 1. The highest BCUT2D eigenvalue weighted by Crippen LogP contribution is 2.32. The normalized spacial score (nSPS) is 23.8. The maximum Gasteiger partial charge on any atom is 0.187 e. The first-order valence-corrected chi connectivity index (χ1v) is 10.9. The maximum absolute atomic E-state index is 13.0. The van der Waals surface area contributed by atoms with E-state index < -0.39 is 31.0 Å². The Morgan fingerprint density at radius 2 is 2.00 bits per heavy atom. The molecular weight excluding hydrogens is 338 g/mol. The topological polar surface area (TPSA) is 89.5 Å². The van der Waals surface area contributed by atoms with Crippen molar-refractivity contribution in [2.75, 3.05) is 25.2 Å². The summed E-state index contributed by atoms with van der Waals surface area (Å²) in [6.07, 6.45) is 0.803. The monoisotopic (exact) mass is 361 g/mol. The van der Waals surface area contributed by atoms with Gasteiger partial charge in [0.2, 0.25) is 0 Å². The van der Waals surface area contributed by atoms with Crippen LogP contribution in [-0.2, 0) is 19.7 Å². The number of sulfone groups is 2. The average Bonchev–Trinajstić information content (AvgIpc) is 2.80. The van der Waals surface area contributed by atoms with Gasteiger partial charge in [-0.05, 0) is 37.6 Å². The second-order valence-electron chi connectivity index (χ2n) is 5.88. The highest BCUT2D eigenvalue weighted by Gasteiger charge is 2.46. The molecule has 6 nitrogen and oxygen atoms in total. The molecule has 0 aliphatic carbocycles. The van der Waals surface area contributed by atoms with Crippen LogP contribution in [0.3, 0.4) is 0 Å². The summed E-state index contributed by atoms with van der Waals surface area (Å²) >= 11 is 0. The average molecular weight is 361 g/mol. The van der Waals surface area contributed by atoms with Crippen molar-refractivity contribution in [3.8, 4) is 5.75 Å². The van der Waals surface area contributed by atoms with Gasteiger partial charge in [0.25, 0.3) is 0 Å². The molecule has 1 aliphatic heterocycles. The van der Waals surface area contributed by atoms with Crippen LogP contribution in [0.2, 0.25) is 0 Å². The lowest BCUT2D eigenvalue weighted by Crippen LogP contribution is -2.43. The molecule has 0 amide bonds. The van der Waals surface area contributed by atoms with Gasteiger partial charge in [0.1, 0.15) is 10.6 Å². The first-order valence-electron chi connectivity index (χ1n) is 7.53. The molecular formula is C15H23NO5S2. The fourth-order valence-corrected chi connectivity index (χ4v) is 7.77. The molecule has 1 aromatic carbocycles. The van der Waals surface area contributed by atoms with Crippen LogP contribution in [0.25, 0.3) is 0 Å². The summed E-state index contributed by atoms with van der Waals surface area (Å²) in [6.45, 7) is 4.32. The highest BCUT2D eigenvalue weighted by atomic mass is 32.2. The van der Waals surface area contributed by atoms with Crippen LogP contribution in [0, 0.1) is 6.92 Å². The minimum Gasteiger partial charge on any atom is -0.495 e. The molecule has 0 aromatic heterocycles. The van der Waals surface area contributed by atoms with Crippen molar-refractivity contribution in [2.45, 2.75) is 36.5 Å². The van der Waals surface area contributed by atoms with Crippen LogP contribution in [0.1, 0.15) is 18.9 Å². The number of aryl methyl sites for hydroxylation is 1. The smallest absolute Gasteiger partial charge is 0.187 e. The Morgan fingerprint density at radius 3 is 2.61 bits per heavy atom. The zero-order valence-electron chi connectivity index (χ0n) is 13.6. The molecule has 0 radical (unpaired) electrons. The van der Waals surface area contributed by atoms with Crippen LogP contribution in [-0.4, -0.2) is 53.3 Å². The molecule has 1 aromatic rings. The Kier molecular flexibility index (Phi) is 5.37. The third kappa shape index (κ3) is 3.87. The second kappa shape index (κ2) is 6.78. The van der Waals surface area contributed by atoms with E-state index in [0.717, 1.165) is 12.0 Å². The second-order valence-corrected chi connectivity index (χ2v) is 10.2. The molecule has 1 N–H and O–H groups in total. The Hall–Kier alpha value is -1.12. The lowest BCUT2D eigenvalue weighted by Gasteiger charge is -2.21. The standard InChI is InChI=1S/C15H23NO5S2/c1-4-7-16-12-9-22(17,18)10-15(12)23(19,20)14-8-11(2)5-6-13(14)21-3/h5-6,8,12,15-16H,4,7,9-10H2,1-3H3/t12-,15+/m1/s1. The van der Waals surface area contributed by atoms with E-state index in [2.05, 4.69) is 5.32 Å². The zero-order valence-corrected chi connectivity index (χ0v) is 15.2. The van der Waals surface area contributed by atoms with Crippen LogP contribution in [0.5, 0.6) is 5.75 Å².